The molecule has 116 valence electrons. The molecule has 0 unspecified atom stereocenters. The maximum absolute atomic E-state index is 11.0. The lowest BCUT2D eigenvalue weighted by molar-refractivity contribution is -0.0861. The largest absolute Gasteiger partial charge is 0.497 e. The second-order valence-corrected chi connectivity index (χ2v) is 6.28. The molecule has 0 spiro atoms. The van der Waals surface area contributed by atoms with Gasteiger partial charge in [0.15, 0.2) is 0 Å². The van der Waals surface area contributed by atoms with E-state index in [4.69, 9.17) is 9.47 Å². The highest BCUT2D eigenvalue weighted by atomic mass is 16.5. The zero-order valence-corrected chi connectivity index (χ0v) is 12.9. The smallest absolute Gasteiger partial charge is 0.122 e. The average Bonchev–Trinajstić information content (AvgIpc) is 2.53. The summed E-state index contributed by atoms with van der Waals surface area (Å²) >= 11 is 0. The molecular formula is C17H25NO3. The van der Waals surface area contributed by atoms with Crippen LogP contribution in [0.2, 0.25) is 0 Å². The molecule has 21 heavy (non-hydrogen) atoms. The Morgan fingerprint density at radius 2 is 1.81 bits per heavy atom. The molecule has 2 fully saturated rings. The van der Waals surface area contributed by atoms with Crippen LogP contribution in [0.4, 0.5) is 0 Å². The van der Waals surface area contributed by atoms with Gasteiger partial charge in [0.05, 0.1) is 19.8 Å². The van der Waals surface area contributed by atoms with Gasteiger partial charge >= 0.3 is 0 Å². The van der Waals surface area contributed by atoms with Crippen molar-refractivity contribution in [3.05, 3.63) is 23.8 Å². The lowest BCUT2D eigenvalue weighted by Gasteiger charge is -2.48. The van der Waals surface area contributed by atoms with Crippen molar-refractivity contribution in [2.24, 2.45) is 5.92 Å². The average molecular weight is 291 g/mol. The number of benzene rings is 1. The summed E-state index contributed by atoms with van der Waals surface area (Å²) in [5.41, 5.74) is 0.640. The highest BCUT2D eigenvalue weighted by Gasteiger charge is 2.45. The van der Waals surface area contributed by atoms with Crippen LogP contribution in [0.3, 0.4) is 0 Å². The minimum Gasteiger partial charge on any atom is -0.497 e. The van der Waals surface area contributed by atoms with Gasteiger partial charge in [0, 0.05) is 18.0 Å². The van der Waals surface area contributed by atoms with E-state index < -0.39 is 5.60 Å². The fourth-order valence-electron chi connectivity index (χ4n) is 3.98. The first-order valence-corrected chi connectivity index (χ1v) is 7.85. The van der Waals surface area contributed by atoms with Crippen LogP contribution < -0.4 is 14.8 Å². The number of fused-ring (bicyclic) bond motifs is 1. The van der Waals surface area contributed by atoms with Gasteiger partial charge in [-0.15, -0.1) is 0 Å². The van der Waals surface area contributed by atoms with E-state index in [1.54, 1.807) is 14.2 Å². The minimum absolute atomic E-state index is 0.174. The monoisotopic (exact) mass is 291 g/mol. The van der Waals surface area contributed by atoms with Crippen LogP contribution in [0, 0.1) is 5.92 Å². The Labute approximate surface area is 126 Å². The van der Waals surface area contributed by atoms with Crippen LogP contribution in [0.1, 0.15) is 43.7 Å². The molecule has 0 radical (unpaired) electrons. The molecule has 3 atom stereocenters. The third-order valence-corrected chi connectivity index (χ3v) is 5.12. The second kappa shape index (κ2) is 5.85. The molecule has 0 amide bonds. The first kappa shape index (κ1) is 14.7. The van der Waals surface area contributed by atoms with Gasteiger partial charge in [-0.3, -0.25) is 0 Å². The summed E-state index contributed by atoms with van der Waals surface area (Å²) in [6.07, 6.45) is 5.20. The van der Waals surface area contributed by atoms with Gasteiger partial charge in [-0.1, -0.05) is 12.8 Å². The molecule has 2 N–H and O–H groups in total. The predicted molar refractivity (Wildman–Crippen MR) is 81.8 cm³/mol. The molecule has 1 aliphatic carbocycles. The summed E-state index contributed by atoms with van der Waals surface area (Å²) in [6.45, 7) is 0.858. The van der Waals surface area contributed by atoms with Crippen molar-refractivity contribution in [3.8, 4) is 11.5 Å². The summed E-state index contributed by atoms with van der Waals surface area (Å²) in [5, 5.41) is 14.6. The van der Waals surface area contributed by atoms with Gasteiger partial charge in [-0.05, 0) is 43.5 Å². The van der Waals surface area contributed by atoms with E-state index in [-0.39, 0.29) is 12.0 Å². The normalized spacial score (nSPS) is 32.3. The molecular weight excluding hydrogens is 266 g/mol. The van der Waals surface area contributed by atoms with Crippen molar-refractivity contribution >= 4 is 0 Å². The number of nitrogens with one attached hydrogen (secondary N) is 1. The van der Waals surface area contributed by atoms with E-state index in [0.29, 0.717) is 0 Å². The Bertz CT molecular complexity index is 479. The van der Waals surface area contributed by atoms with Crippen molar-refractivity contribution in [2.75, 3.05) is 20.8 Å². The van der Waals surface area contributed by atoms with E-state index in [9.17, 15) is 5.11 Å². The van der Waals surface area contributed by atoms with E-state index in [1.165, 1.54) is 6.42 Å². The fraction of sp³-hybridized carbons (Fsp3) is 0.647. The standard InChI is InChI=1S/C17H25NO3/c1-20-13-9-12(10-14(11-13)21-2)16-15-5-3-4-6-17(15,19)7-8-18-16/h9-11,15-16,18-19H,3-8H2,1-2H3/t15-,16+,17-/m1/s1. The number of hydrogen-bond donors (Lipinski definition) is 2. The molecule has 4 nitrogen and oxygen atoms in total. The van der Waals surface area contributed by atoms with E-state index in [2.05, 4.69) is 17.4 Å². The minimum atomic E-state index is -0.509. The number of piperidine rings is 1. The quantitative estimate of drug-likeness (QED) is 0.899. The predicted octanol–water partition coefficient (Wildman–Crippen LogP) is 2.66. The van der Waals surface area contributed by atoms with Crippen LogP contribution in [0.15, 0.2) is 18.2 Å². The van der Waals surface area contributed by atoms with E-state index in [0.717, 1.165) is 49.3 Å². The molecule has 1 aromatic rings. The van der Waals surface area contributed by atoms with Gasteiger partial charge in [0.2, 0.25) is 0 Å². The van der Waals surface area contributed by atoms with Crippen molar-refractivity contribution in [1.82, 2.24) is 5.32 Å². The third kappa shape index (κ3) is 2.74. The van der Waals surface area contributed by atoms with Crippen LogP contribution >= 0.6 is 0 Å². The third-order valence-electron chi connectivity index (χ3n) is 5.12. The van der Waals surface area contributed by atoms with Gasteiger partial charge in [-0.2, -0.15) is 0 Å². The Kier molecular flexibility index (Phi) is 4.09. The van der Waals surface area contributed by atoms with Crippen LogP contribution in [0.25, 0.3) is 0 Å². The zero-order valence-electron chi connectivity index (χ0n) is 12.9. The lowest BCUT2D eigenvalue weighted by atomic mass is 9.67. The topological polar surface area (TPSA) is 50.7 Å². The SMILES string of the molecule is COc1cc(OC)cc([C@@H]2NCC[C@]3(O)CCCC[C@H]23)c1. The first-order chi connectivity index (χ1) is 10.2. The molecule has 1 saturated carbocycles. The van der Waals surface area contributed by atoms with Crippen molar-refractivity contribution in [3.63, 3.8) is 0 Å². The van der Waals surface area contributed by atoms with E-state index >= 15 is 0 Å². The Morgan fingerprint density at radius 3 is 2.48 bits per heavy atom. The van der Waals surface area contributed by atoms with Gasteiger partial charge in [0.1, 0.15) is 11.5 Å². The molecule has 4 heteroatoms. The maximum Gasteiger partial charge on any atom is 0.122 e. The Balaban J connectivity index is 1.94. The van der Waals surface area contributed by atoms with Gasteiger partial charge in [-0.25, -0.2) is 0 Å². The van der Waals surface area contributed by atoms with Crippen LogP contribution in [-0.2, 0) is 0 Å². The molecule has 1 aliphatic heterocycles. The number of hydrogen-bond acceptors (Lipinski definition) is 4. The summed E-state index contributed by atoms with van der Waals surface area (Å²) in [4.78, 5) is 0. The van der Waals surface area contributed by atoms with Crippen LogP contribution in [-0.4, -0.2) is 31.5 Å². The van der Waals surface area contributed by atoms with Gasteiger partial charge in [0.25, 0.3) is 0 Å². The molecule has 0 aromatic heterocycles. The molecule has 2 aliphatic rings. The number of methoxy groups -OCH3 is 2. The summed E-state index contributed by atoms with van der Waals surface area (Å²) in [5.74, 6) is 1.88. The zero-order chi connectivity index (χ0) is 14.9. The van der Waals surface area contributed by atoms with E-state index in [1.807, 2.05) is 6.07 Å². The molecule has 1 saturated heterocycles. The highest BCUT2D eigenvalue weighted by Crippen LogP contribution is 2.46. The van der Waals surface area contributed by atoms with Crippen LogP contribution in [0.5, 0.6) is 11.5 Å². The maximum atomic E-state index is 11.0. The highest BCUT2D eigenvalue weighted by molar-refractivity contribution is 5.40. The van der Waals surface area contributed by atoms with Gasteiger partial charge < -0.3 is 19.9 Å². The number of aliphatic hydroxyl groups is 1. The molecule has 1 heterocycles. The van der Waals surface area contributed by atoms with Crippen molar-refractivity contribution in [2.45, 2.75) is 43.7 Å². The number of rotatable bonds is 3. The molecule has 1 aromatic carbocycles. The first-order valence-electron chi connectivity index (χ1n) is 7.85. The second-order valence-electron chi connectivity index (χ2n) is 6.28. The summed E-state index contributed by atoms with van der Waals surface area (Å²) in [6, 6.07) is 6.17. The molecule has 3 rings (SSSR count). The summed E-state index contributed by atoms with van der Waals surface area (Å²) in [7, 11) is 3.34. The lowest BCUT2D eigenvalue weighted by Crippen LogP contribution is -2.53. The summed E-state index contributed by atoms with van der Waals surface area (Å²) < 4.78 is 10.8. The molecule has 0 bridgehead atoms. The fourth-order valence-corrected chi connectivity index (χ4v) is 3.98. The van der Waals surface area contributed by atoms with Crippen molar-refractivity contribution in [1.29, 1.82) is 0 Å². The Morgan fingerprint density at radius 1 is 1.10 bits per heavy atom. The van der Waals surface area contributed by atoms with Crippen molar-refractivity contribution < 1.29 is 14.6 Å². The number of ether oxygens (including phenoxy) is 2. The Hall–Kier alpha value is -1.26.